The van der Waals surface area contributed by atoms with E-state index in [1.807, 2.05) is 13.8 Å². The Morgan fingerprint density at radius 1 is 1.47 bits per heavy atom. The van der Waals surface area contributed by atoms with Crippen molar-refractivity contribution >= 4 is 10.0 Å². The van der Waals surface area contributed by atoms with Gasteiger partial charge in [0.15, 0.2) is 0 Å². The topological polar surface area (TPSA) is 76.0 Å². The molecule has 19 heavy (non-hydrogen) atoms. The van der Waals surface area contributed by atoms with E-state index in [-0.39, 0.29) is 17.5 Å². The summed E-state index contributed by atoms with van der Waals surface area (Å²) in [5.41, 5.74) is 0. The summed E-state index contributed by atoms with van der Waals surface area (Å²) in [6, 6.07) is -0.0177. The molecule has 1 aromatic rings. The summed E-state index contributed by atoms with van der Waals surface area (Å²) in [7, 11) is -3.71. The van der Waals surface area contributed by atoms with Gasteiger partial charge >= 0.3 is 0 Å². The Bertz CT molecular complexity index is 489. The van der Waals surface area contributed by atoms with Crippen molar-refractivity contribution in [2.24, 2.45) is 0 Å². The fourth-order valence-corrected chi connectivity index (χ4v) is 2.55. The second-order valence-electron chi connectivity index (χ2n) is 4.10. The summed E-state index contributed by atoms with van der Waals surface area (Å²) >= 11 is 0. The lowest BCUT2D eigenvalue weighted by Crippen LogP contribution is -2.38. The van der Waals surface area contributed by atoms with Crippen LogP contribution in [0.5, 0.6) is 0 Å². The van der Waals surface area contributed by atoms with Crippen molar-refractivity contribution in [3.05, 3.63) is 12.4 Å². The standard InChI is InChI=1S/C10H18F2N4O2S/c1-3-13-8(2)4-15-19(17,18)9-5-14-16(6-9)7-10(11)12/h5-6,8,10,13,15H,3-4,7H2,1-2H3/t8-/m1/s1. The second-order valence-corrected chi connectivity index (χ2v) is 5.87. The van der Waals surface area contributed by atoms with Crippen LogP contribution < -0.4 is 10.0 Å². The molecule has 0 saturated heterocycles. The number of sulfonamides is 1. The van der Waals surface area contributed by atoms with E-state index in [9.17, 15) is 17.2 Å². The highest BCUT2D eigenvalue weighted by Gasteiger charge is 2.18. The lowest BCUT2D eigenvalue weighted by Gasteiger charge is -2.12. The monoisotopic (exact) mass is 296 g/mol. The highest BCUT2D eigenvalue weighted by molar-refractivity contribution is 7.89. The average Bonchev–Trinajstić information content (AvgIpc) is 2.75. The van der Waals surface area contributed by atoms with Gasteiger partial charge in [0, 0.05) is 18.8 Å². The number of alkyl halides is 2. The molecule has 0 aromatic carbocycles. The number of likely N-dealkylation sites (N-methyl/N-ethyl adjacent to an activating group) is 1. The number of nitrogens with one attached hydrogen (secondary N) is 2. The van der Waals surface area contributed by atoms with Crippen LogP contribution in [-0.2, 0) is 16.6 Å². The van der Waals surface area contributed by atoms with Crippen LogP contribution in [0.4, 0.5) is 8.78 Å². The van der Waals surface area contributed by atoms with Gasteiger partial charge in [-0.2, -0.15) is 5.10 Å². The minimum absolute atomic E-state index is 0.0177. The van der Waals surface area contributed by atoms with Crippen LogP contribution >= 0.6 is 0 Å². The van der Waals surface area contributed by atoms with Gasteiger partial charge in [-0.1, -0.05) is 6.92 Å². The Hall–Kier alpha value is -1.06. The molecule has 0 amide bonds. The van der Waals surface area contributed by atoms with E-state index in [0.29, 0.717) is 0 Å². The van der Waals surface area contributed by atoms with Crippen LogP contribution in [0.25, 0.3) is 0 Å². The average molecular weight is 296 g/mol. The molecule has 0 aliphatic carbocycles. The summed E-state index contributed by atoms with van der Waals surface area (Å²) in [5, 5.41) is 6.64. The molecular weight excluding hydrogens is 278 g/mol. The van der Waals surface area contributed by atoms with Crippen LogP contribution in [0, 0.1) is 0 Å². The minimum Gasteiger partial charge on any atom is -0.313 e. The quantitative estimate of drug-likeness (QED) is 0.729. The molecular formula is C10H18F2N4O2S. The summed E-state index contributed by atoms with van der Waals surface area (Å²) in [5.74, 6) is 0. The van der Waals surface area contributed by atoms with Crippen molar-refractivity contribution in [1.29, 1.82) is 0 Å². The lowest BCUT2D eigenvalue weighted by molar-refractivity contribution is 0.121. The highest BCUT2D eigenvalue weighted by Crippen LogP contribution is 2.08. The molecule has 1 rings (SSSR count). The van der Waals surface area contributed by atoms with E-state index in [0.717, 1.165) is 23.6 Å². The first-order valence-electron chi connectivity index (χ1n) is 5.88. The van der Waals surface area contributed by atoms with E-state index in [2.05, 4.69) is 15.1 Å². The third kappa shape index (κ3) is 5.21. The molecule has 0 aliphatic heterocycles. The van der Waals surface area contributed by atoms with Crippen molar-refractivity contribution in [2.75, 3.05) is 13.1 Å². The van der Waals surface area contributed by atoms with Gasteiger partial charge in [-0.15, -0.1) is 0 Å². The first-order valence-corrected chi connectivity index (χ1v) is 7.37. The molecule has 110 valence electrons. The van der Waals surface area contributed by atoms with Crippen molar-refractivity contribution < 1.29 is 17.2 Å². The molecule has 1 heterocycles. The molecule has 0 spiro atoms. The predicted octanol–water partition coefficient (Wildman–Crippen LogP) is 0.424. The fourth-order valence-electron chi connectivity index (χ4n) is 1.46. The molecule has 0 radical (unpaired) electrons. The smallest absolute Gasteiger partial charge is 0.257 e. The van der Waals surface area contributed by atoms with E-state index in [1.54, 1.807) is 0 Å². The number of hydrogen-bond acceptors (Lipinski definition) is 4. The summed E-state index contributed by atoms with van der Waals surface area (Å²) in [4.78, 5) is -0.114. The number of rotatable bonds is 8. The van der Waals surface area contributed by atoms with Crippen molar-refractivity contribution in [2.45, 2.75) is 37.8 Å². The normalized spacial score (nSPS) is 13.9. The molecule has 9 heteroatoms. The number of hydrogen-bond donors (Lipinski definition) is 2. The van der Waals surface area contributed by atoms with E-state index < -0.39 is 23.0 Å². The van der Waals surface area contributed by atoms with Crippen LogP contribution in [0.3, 0.4) is 0 Å². The number of halogens is 2. The molecule has 6 nitrogen and oxygen atoms in total. The Balaban J connectivity index is 2.64. The van der Waals surface area contributed by atoms with Crippen molar-refractivity contribution in [3.63, 3.8) is 0 Å². The van der Waals surface area contributed by atoms with Crippen LogP contribution in [-0.4, -0.2) is 43.8 Å². The van der Waals surface area contributed by atoms with Gasteiger partial charge in [-0.05, 0) is 13.5 Å². The Morgan fingerprint density at radius 2 is 2.16 bits per heavy atom. The third-order valence-corrected chi connectivity index (χ3v) is 3.76. The van der Waals surface area contributed by atoms with Gasteiger partial charge in [0.1, 0.15) is 11.4 Å². The first kappa shape index (κ1) is 16.0. The molecule has 1 aromatic heterocycles. The number of nitrogens with zero attached hydrogens (tertiary/aromatic N) is 2. The van der Waals surface area contributed by atoms with E-state index in [1.165, 1.54) is 0 Å². The Labute approximate surface area is 111 Å². The summed E-state index contributed by atoms with van der Waals surface area (Å²) in [6.45, 7) is 4.08. The van der Waals surface area contributed by atoms with Gasteiger partial charge in [-0.3, -0.25) is 4.68 Å². The summed E-state index contributed by atoms with van der Waals surface area (Å²) in [6.07, 6.45) is -0.424. The Morgan fingerprint density at radius 3 is 2.74 bits per heavy atom. The highest BCUT2D eigenvalue weighted by atomic mass is 32.2. The fraction of sp³-hybridized carbons (Fsp3) is 0.700. The van der Waals surface area contributed by atoms with E-state index >= 15 is 0 Å². The SMILES string of the molecule is CCN[C@H](C)CNS(=O)(=O)c1cnn(CC(F)F)c1. The largest absolute Gasteiger partial charge is 0.313 e. The zero-order valence-electron chi connectivity index (χ0n) is 10.8. The molecule has 0 fully saturated rings. The van der Waals surface area contributed by atoms with Crippen LogP contribution in [0.1, 0.15) is 13.8 Å². The number of aromatic nitrogens is 2. The molecule has 0 unspecified atom stereocenters. The minimum atomic E-state index is -3.71. The zero-order valence-corrected chi connectivity index (χ0v) is 11.6. The van der Waals surface area contributed by atoms with Crippen LogP contribution in [0.2, 0.25) is 0 Å². The van der Waals surface area contributed by atoms with Crippen molar-refractivity contribution in [1.82, 2.24) is 19.8 Å². The van der Waals surface area contributed by atoms with Gasteiger partial charge in [0.25, 0.3) is 6.43 Å². The van der Waals surface area contributed by atoms with Gasteiger partial charge in [0.05, 0.1) is 6.20 Å². The molecule has 0 aliphatic rings. The first-order chi connectivity index (χ1) is 8.85. The maximum absolute atomic E-state index is 12.1. The zero-order chi connectivity index (χ0) is 14.5. The predicted molar refractivity (Wildman–Crippen MR) is 66.6 cm³/mol. The second kappa shape index (κ2) is 6.92. The van der Waals surface area contributed by atoms with E-state index in [4.69, 9.17) is 0 Å². The maximum Gasteiger partial charge on any atom is 0.257 e. The van der Waals surface area contributed by atoms with Gasteiger partial charge < -0.3 is 5.32 Å². The molecule has 1 atom stereocenters. The van der Waals surface area contributed by atoms with Gasteiger partial charge in [-0.25, -0.2) is 21.9 Å². The van der Waals surface area contributed by atoms with Gasteiger partial charge in [0.2, 0.25) is 10.0 Å². The molecule has 2 N–H and O–H groups in total. The summed E-state index contributed by atoms with van der Waals surface area (Å²) < 4.78 is 51.3. The lowest BCUT2D eigenvalue weighted by atomic mass is 10.3. The molecule has 0 bridgehead atoms. The third-order valence-electron chi connectivity index (χ3n) is 2.38. The maximum atomic E-state index is 12.1. The van der Waals surface area contributed by atoms with Crippen LogP contribution in [0.15, 0.2) is 17.3 Å². The Kier molecular flexibility index (Phi) is 5.83. The van der Waals surface area contributed by atoms with Crippen molar-refractivity contribution in [3.8, 4) is 0 Å². The molecule has 0 saturated carbocycles.